The predicted octanol–water partition coefficient (Wildman–Crippen LogP) is 5.94. The maximum Gasteiger partial charge on any atom is 0.263 e. The number of pyridine rings is 1. The standard InChI is InChI=1S/C21H17BrCl2N2O2/c1-3-12-10-11-15(21(28)26(12)2)20(27)25-17-9-5-7-14(19(17)24)13-6-4-8-16(22)18(13)23/h4-11H,3H2,1-2H3,(H,25,27). The Hall–Kier alpha value is -2.08. The van der Waals surface area contributed by atoms with E-state index in [4.69, 9.17) is 23.2 Å². The highest BCUT2D eigenvalue weighted by molar-refractivity contribution is 9.10. The van der Waals surface area contributed by atoms with E-state index in [0.29, 0.717) is 27.7 Å². The maximum atomic E-state index is 12.7. The van der Waals surface area contributed by atoms with Gasteiger partial charge in [-0.25, -0.2) is 0 Å². The largest absolute Gasteiger partial charge is 0.320 e. The summed E-state index contributed by atoms with van der Waals surface area (Å²) in [6.07, 6.45) is 0.703. The van der Waals surface area contributed by atoms with Gasteiger partial charge in [0, 0.05) is 28.3 Å². The van der Waals surface area contributed by atoms with Crippen molar-refractivity contribution in [2.75, 3.05) is 5.32 Å². The first kappa shape index (κ1) is 20.6. The highest BCUT2D eigenvalue weighted by atomic mass is 79.9. The Labute approximate surface area is 181 Å². The van der Waals surface area contributed by atoms with Crippen molar-refractivity contribution in [2.45, 2.75) is 13.3 Å². The topological polar surface area (TPSA) is 51.1 Å². The summed E-state index contributed by atoms with van der Waals surface area (Å²) in [6.45, 7) is 1.95. The van der Waals surface area contributed by atoms with Crippen LogP contribution in [0.5, 0.6) is 0 Å². The first-order chi connectivity index (χ1) is 13.3. The first-order valence-corrected chi connectivity index (χ1v) is 10.1. The number of carbonyl (C=O) groups is 1. The van der Waals surface area contributed by atoms with Crippen molar-refractivity contribution in [2.24, 2.45) is 7.05 Å². The van der Waals surface area contributed by atoms with Crippen molar-refractivity contribution >= 4 is 50.7 Å². The second kappa shape index (κ2) is 8.52. The molecule has 2 aromatic carbocycles. The molecule has 0 spiro atoms. The minimum Gasteiger partial charge on any atom is -0.320 e. The Morgan fingerprint density at radius 3 is 2.36 bits per heavy atom. The van der Waals surface area contributed by atoms with Gasteiger partial charge in [-0.2, -0.15) is 0 Å². The van der Waals surface area contributed by atoms with Gasteiger partial charge in [0.1, 0.15) is 5.56 Å². The molecule has 28 heavy (non-hydrogen) atoms. The van der Waals surface area contributed by atoms with Crippen LogP contribution in [-0.4, -0.2) is 10.5 Å². The minimum absolute atomic E-state index is 0.0571. The summed E-state index contributed by atoms with van der Waals surface area (Å²) >= 11 is 16.3. The molecule has 0 atom stereocenters. The number of nitrogens with one attached hydrogen (secondary N) is 1. The summed E-state index contributed by atoms with van der Waals surface area (Å²) in [5.74, 6) is -0.511. The Balaban J connectivity index is 1.98. The number of amides is 1. The van der Waals surface area contributed by atoms with Crippen LogP contribution >= 0.6 is 39.1 Å². The number of nitrogens with zero attached hydrogens (tertiary/aromatic N) is 1. The van der Waals surface area contributed by atoms with E-state index >= 15 is 0 Å². The van der Waals surface area contributed by atoms with Gasteiger partial charge in [-0.15, -0.1) is 0 Å². The molecular formula is C21H17BrCl2N2O2. The van der Waals surface area contributed by atoms with Crippen molar-refractivity contribution in [1.82, 2.24) is 4.57 Å². The molecule has 3 aromatic rings. The van der Waals surface area contributed by atoms with Crippen LogP contribution in [-0.2, 0) is 13.5 Å². The summed E-state index contributed by atoms with van der Waals surface area (Å²) in [5, 5.41) is 3.61. The number of hydrogen-bond acceptors (Lipinski definition) is 2. The van der Waals surface area contributed by atoms with E-state index in [1.165, 1.54) is 4.57 Å². The van der Waals surface area contributed by atoms with Crippen LogP contribution in [0.25, 0.3) is 11.1 Å². The van der Waals surface area contributed by atoms with Gasteiger partial charge in [0.05, 0.1) is 15.7 Å². The molecule has 0 unspecified atom stereocenters. The average molecular weight is 480 g/mol. The molecule has 0 fully saturated rings. The molecule has 0 aliphatic heterocycles. The molecule has 1 amide bonds. The van der Waals surface area contributed by atoms with Crippen LogP contribution in [0.15, 0.2) is 57.8 Å². The molecule has 1 heterocycles. The molecule has 0 aliphatic carbocycles. The Morgan fingerprint density at radius 1 is 1.04 bits per heavy atom. The van der Waals surface area contributed by atoms with Gasteiger partial charge in [0.15, 0.2) is 0 Å². The Morgan fingerprint density at radius 2 is 1.68 bits per heavy atom. The van der Waals surface area contributed by atoms with E-state index in [1.54, 1.807) is 31.3 Å². The number of carbonyl (C=O) groups excluding carboxylic acids is 1. The van der Waals surface area contributed by atoms with E-state index in [-0.39, 0.29) is 11.1 Å². The zero-order chi connectivity index (χ0) is 20.4. The van der Waals surface area contributed by atoms with Crippen LogP contribution in [0.4, 0.5) is 5.69 Å². The summed E-state index contributed by atoms with van der Waals surface area (Å²) in [5.41, 5.74) is 2.38. The van der Waals surface area contributed by atoms with Crippen LogP contribution < -0.4 is 10.9 Å². The van der Waals surface area contributed by atoms with E-state index in [0.717, 1.165) is 15.7 Å². The fraction of sp³-hybridized carbons (Fsp3) is 0.143. The second-order valence-corrected chi connectivity index (χ2v) is 7.79. The number of halogens is 3. The van der Waals surface area contributed by atoms with E-state index in [9.17, 15) is 9.59 Å². The number of anilines is 1. The van der Waals surface area contributed by atoms with Gasteiger partial charge in [-0.3, -0.25) is 9.59 Å². The van der Waals surface area contributed by atoms with Crippen molar-refractivity contribution < 1.29 is 4.79 Å². The van der Waals surface area contributed by atoms with E-state index in [2.05, 4.69) is 21.2 Å². The monoisotopic (exact) mass is 478 g/mol. The second-order valence-electron chi connectivity index (χ2n) is 6.18. The molecular weight excluding hydrogens is 463 g/mol. The van der Waals surface area contributed by atoms with E-state index < -0.39 is 5.91 Å². The third-order valence-corrected chi connectivity index (χ3v) is 6.21. The van der Waals surface area contributed by atoms with Crippen LogP contribution in [0.2, 0.25) is 10.0 Å². The van der Waals surface area contributed by atoms with Gasteiger partial charge in [-0.05, 0) is 46.6 Å². The lowest BCUT2D eigenvalue weighted by molar-refractivity contribution is 0.102. The summed E-state index contributed by atoms with van der Waals surface area (Å²) in [6, 6.07) is 14.1. The molecule has 0 saturated heterocycles. The average Bonchev–Trinajstić information content (AvgIpc) is 2.68. The smallest absolute Gasteiger partial charge is 0.263 e. The summed E-state index contributed by atoms with van der Waals surface area (Å²) in [4.78, 5) is 25.2. The number of rotatable bonds is 4. The molecule has 1 N–H and O–H groups in total. The molecule has 4 nitrogen and oxygen atoms in total. The molecule has 0 radical (unpaired) electrons. The summed E-state index contributed by atoms with van der Waals surface area (Å²) in [7, 11) is 1.65. The highest BCUT2D eigenvalue weighted by Crippen LogP contribution is 2.39. The third-order valence-electron chi connectivity index (χ3n) is 4.50. The molecule has 0 bridgehead atoms. The number of aromatic nitrogens is 1. The number of hydrogen-bond donors (Lipinski definition) is 1. The normalized spacial score (nSPS) is 10.8. The molecule has 144 valence electrons. The minimum atomic E-state index is -0.511. The van der Waals surface area contributed by atoms with Gasteiger partial charge in [0.25, 0.3) is 11.5 Å². The third kappa shape index (κ3) is 3.88. The number of benzene rings is 2. The lowest BCUT2D eigenvalue weighted by Gasteiger charge is -2.13. The summed E-state index contributed by atoms with van der Waals surface area (Å²) < 4.78 is 2.23. The van der Waals surface area contributed by atoms with E-state index in [1.807, 2.05) is 31.2 Å². The van der Waals surface area contributed by atoms with Crippen LogP contribution in [0.3, 0.4) is 0 Å². The molecule has 3 rings (SSSR count). The van der Waals surface area contributed by atoms with Gasteiger partial charge >= 0.3 is 0 Å². The van der Waals surface area contributed by atoms with Crippen molar-refractivity contribution in [3.63, 3.8) is 0 Å². The predicted molar refractivity (Wildman–Crippen MR) is 119 cm³/mol. The highest BCUT2D eigenvalue weighted by Gasteiger charge is 2.17. The molecule has 0 saturated carbocycles. The maximum absolute atomic E-state index is 12.7. The van der Waals surface area contributed by atoms with Crippen LogP contribution in [0, 0.1) is 0 Å². The zero-order valence-electron chi connectivity index (χ0n) is 15.2. The molecule has 0 aliphatic rings. The lowest BCUT2D eigenvalue weighted by atomic mass is 10.0. The Bertz CT molecular complexity index is 1130. The van der Waals surface area contributed by atoms with Crippen molar-refractivity contribution in [1.29, 1.82) is 0 Å². The van der Waals surface area contributed by atoms with Crippen LogP contribution in [0.1, 0.15) is 23.0 Å². The van der Waals surface area contributed by atoms with Crippen molar-refractivity contribution in [3.8, 4) is 11.1 Å². The van der Waals surface area contributed by atoms with Crippen molar-refractivity contribution in [3.05, 3.63) is 84.7 Å². The fourth-order valence-electron chi connectivity index (χ4n) is 2.94. The van der Waals surface area contributed by atoms with Gasteiger partial charge in [-0.1, -0.05) is 54.4 Å². The fourth-order valence-corrected chi connectivity index (χ4v) is 3.81. The lowest BCUT2D eigenvalue weighted by Crippen LogP contribution is -2.29. The first-order valence-electron chi connectivity index (χ1n) is 8.58. The van der Waals surface area contributed by atoms with Gasteiger partial charge < -0.3 is 9.88 Å². The number of aryl methyl sites for hydroxylation is 1. The molecule has 7 heteroatoms. The zero-order valence-corrected chi connectivity index (χ0v) is 18.3. The quantitative estimate of drug-likeness (QED) is 0.503. The molecule has 1 aromatic heterocycles. The SMILES string of the molecule is CCc1ccc(C(=O)Nc2cccc(-c3cccc(Br)c3Cl)c2Cl)c(=O)n1C. The van der Waals surface area contributed by atoms with Gasteiger partial charge in [0.2, 0.25) is 0 Å². The Kier molecular flexibility index (Phi) is 6.28.